The Morgan fingerprint density at radius 3 is 2.94 bits per heavy atom. The molecule has 0 aliphatic rings. The molecule has 1 unspecified atom stereocenters. The van der Waals surface area contributed by atoms with Gasteiger partial charge in [-0.25, -0.2) is 9.37 Å². The number of rotatable bonds is 4. The lowest BCUT2D eigenvalue weighted by molar-refractivity contribution is 0.534. The van der Waals surface area contributed by atoms with Gasteiger partial charge in [-0.3, -0.25) is 5.10 Å². The number of aromatic nitrogens is 3. The van der Waals surface area contributed by atoms with E-state index in [0.717, 1.165) is 0 Å². The normalized spacial score (nSPS) is 12.6. The first kappa shape index (κ1) is 12.0. The first-order valence-corrected chi connectivity index (χ1v) is 5.55. The predicted octanol–water partition coefficient (Wildman–Crippen LogP) is 2.10. The van der Waals surface area contributed by atoms with Crippen molar-refractivity contribution < 1.29 is 4.39 Å². The van der Waals surface area contributed by atoms with Crippen molar-refractivity contribution in [2.45, 2.75) is 12.5 Å². The van der Waals surface area contributed by atoms with Crippen molar-refractivity contribution in [3.8, 4) is 0 Å². The maximum Gasteiger partial charge on any atom is 0.141 e. The van der Waals surface area contributed by atoms with Gasteiger partial charge < -0.3 is 5.32 Å². The van der Waals surface area contributed by atoms with E-state index in [0.29, 0.717) is 22.8 Å². The van der Waals surface area contributed by atoms with Crippen LogP contribution in [0.3, 0.4) is 0 Å². The zero-order valence-electron chi connectivity index (χ0n) is 9.24. The molecule has 0 radical (unpaired) electrons. The van der Waals surface area contributed by atoms with E-state index in [1.54, 1.807) is 19.2 Å². The molecule has 0 spiro atoms. The van der Waals surface area contributed by atoms with Gasteiger partial charge in [-0.05, 0) is 31.2 Å². The van der Waals surface area contributed by atoms with E-state index in [-0.39, 0.29) is 11.9 Å². The third-order valence-corrected chi connectivity index (χ3v) is 2.79. The molecule has 0 saturated heterocycles. The van der Waals surface area contributed by atoms with Crippen LogP contribution in [0.4, 0.5) is 4.39 Å². The van der Waals surface area contributed by atoms with Gasteiger partial charge in [-0.15, -0.1) is 0 Å². The van der Waals surface area contributed by atoms with Crippen molar-refractivity contribution in [3.63, 3.8) is 0 Å². The van der Waals surface area contributed by atoms with E-state index in [2.05, 4.69) is 20.5 Å². The highest BCUT2D eigenvalue weighted by Crippen LogP contribution is 2.19. The van der Waals surface area contributed by atoms with Crippen LogP contribution in [0, 0.1) is 5.82 Å². The summed E-state index contributed by atoms with van der Waals surface area (Å²) in [5, 5.41) is 10.0. The van der Waals surface area contributed by atoms with E-state index in [1.165, 1.54) is 12.4 Å². The largest absolute Gasteiger partial charge is 0.310 e. The molecule has 17 heavy (non-hydrogen) atoms. The van der Waals surface area contributed by atoms with E-state index >= 15 is 0 Å². The molecule has 1 aromatic carbocycles. The van der Waals surface area contributed by atoms with Crippen molar-refractivity contribution in [3.05, 3.63) is 46.8 Å². The second kappa shape index (κ2) is 5.25. The molecule has 4 nitrogen and oxygen atoms in total. The second-order valence-electron chi connectivity index (χ2n) is 3.65. The SMILES string of the molecule is CNC(Cc1ccc(Cl)cc1F)c1ncn[nH]1. The van der Waals surface area contributed by atoms with Crippen LogP contribution in [-0.2, 0) is 6.42 Å². The lowest BCUT2D eigenvalue weighted by atomic mass is 10.1. The summed E-state index contributed by atoms with van der Waals surface area (Å²) in [7, 11) is 1.79. The van der Waals surface area contributed by atoms with Gasteiger partial charge >= 0.3 is 0 Å². The summed E-state index contributed by atoms with van der Waals surface area (Å²) in [6.45, 7) is 0. The van der Waals surface area contributed by atoms with E-state index in [9.17, 15) is 4.39 Å². The van der Waals surface area contributed by atoms with Gasteiger partial charge in [0.1, 0.15) is 18.0 Å². The number of benzene rings is 1. The molecular weight excluding hydrogens is 243 g/mol. The molecule has 0 aliphatic heterocycles. The van der Waals surface area contributed by atoms with Gasteiger partial charge in [0.15, 0.2) is 0 Å². The van der Waals surface area contributed by atoms with Crippen molar-refractivity contribution in [2.75, 3.05) is 7.05 Å². The monoisotopic (exact) mass is 254 g/mol. The molecule has 0 amide bonds. The molecule has 6 heteroatoms. The quantitative estimate of drug-likeness (QED) is 0.879. The number of nitrogens with one attached hydrogen (secondary N) is 2. The molecule has 2 N–H and O–H groups in total. The molecule has 0 fully saturated rings. The van der Waals surface area contributed by atoms with Gasteiger partial charge in [0, 0.05) is 5.02 Å². The Bertz CT molecular complexity index is 486. The molecule has 2 aromatic rings. The van der Waals surface area contributed by atoms with Crippen molar-refractivity contribution in [1.29, 1.82) is 0 Å². The minimum Gasteiger partial charge on any atom is -0.310 e. The van der Waals surface area contributed by atoms with Crippen LogP contribution in [-0.4, -0.2) is 22.2 Å². The highest BCUT2D eigenvalue weighted by molar-refractivity contribution is 6.30. The molecule has 1 atom stereocenters. The summed E-state index contributed by atoms with van der Waals surface area (Å²) in [6.07, 6.45) is 1.91. The Morgan fingerprint density at radius 2 is 2.35 bits per heavy atom. The Hall–Kier alpha value is -1.46. The lowest BCUT2D eigenvalue weighted by Gasteiger charge is -2.13. The minimum atomic E-state index is -0.308. The van der Waals surface area contributed by atoms with Crippen LogP contribution >= 0.6 is 11.6 Å². The molecule has 0 saturated carbocycles. The number of hydrogen-bond donors (Lipinski definition) is 2. The first-order valence-electron chi connectivity index (χ1n) is 5.17. The molecule has 1 aromatic heterocycles. The Labute approximate surface area is 103 Å². The summed E-state index contributed by atoms with van der Waals surface area (Å²) in [4.78, 5) is 4.05. The fourth-order valence-corrected chi connectivity index (χ4v) is 1.78. The summed E-state index contributed by atoms with van der Waals surface area (Å²) in [5.74, 6) is 0.374. The third kappa shape index (κ3) is 2.81. The lowest BCUT2D eigenvalue weighted by Crippen LogP contribution is -2.20. The minimum absolute atomic E-state index is 0.104. The van der Waals surface area contributed by atoms with E-state index < -0.39 is 0 Å². The van der Waals surface area contributed by atoms with Gasteiger partial charge in [-0.1, -0.05) is 17.7 Å². The zero-order valence-corrected chi connectivity index (χ0v) is 10.0. The van der Waals surface area contributed by atoms with Crippen molar-refractivity contribution in [1.82, 2.24) is 20.5 Å². The average Bonchev–Trinajstić information content (AvgIpc) is 2.81. The van der Waals surface area contributed by atoms with Gasteiger partial charge in [0.25, 0.3) is 0 Å². The number of hydrogen-bond acceptors (Lipinski definition) is 3. The summed E-state index contributed by atoms with van der Waals surface area (Å²) >= 11 is 5.70. The summed E-state index contributed by atoms with van der Waals surface area (Å²) < 4.78 is 13.6. The smallest absolute Gasteiger partial charge is 0.141 e. The van der Waals surface area contributed by atoms with Crippen LogP contribution in [0.2, 0.25) is 5.02 Å². The van der Waals surface area contributed by atoms with Gasteiger partial charge in [-0.2, -0.15) is 5.10 Å². The number of aromatic amines is 1. The Balaban J connectivity index is 2.19. The zero-order chi connectivity index (χ0) is 12.3. The van der Waals surface area contributed by atoms with E-state index in [1.807, 2.05) is 0 Å². The number of likely N-dealkylation sites (N-methyl/N-ethyl adjacent to an activating group) is 1. The Morgan fingerprint density at radius 1 is 1.53 bits per heavy atom. The van der Waals surface area contributed by atoms with Crippen LogP contribution in [0.25, 0.3) is 0 Å². The van der Waals surface area contributed by atoms with Crippen molar-refractivity contribution in [2.24, 2.45) is 0 Å². The maximum absolute atomic E-state index is 13.6. The third-order valence-electron chi connectivity index (χ3n) is 2.55. The fraction of sp³-hybridized carbons (Fsp3) is 0.273. The molecule has 90 valence electrons. The maximum atomic E-state index is 13.6. The number of H-pyrrole nitrogens is 1. The number of halogens is 2. The van der Waals surface area contributed by atoms with E-state index in [4.69, 9.17) is 11.6 Å². The summed E-state index contributed by atoms with van der Waals surface area (Å²) in [5.41, 5.74) is 0.588. The standard InChI is InChI=1S/C11H12ClFN4/c1-14-10(11-15-6-16-17-11)4-7-2-3-8(12)5-9(7)13/h2-3,5-6,10,14H,4H2,1H3,(H,15,16,17). The van der Waals surface area contributed by atoms with Crippen LogP contribution in [0.5, 0.6) is 0 Å². The highest BCUT2D eigenvalue weighted by Gasteiger charge is 2.15. The average molecular weight is 255 g/mol. The second-order valence-corrected chi connectivity index (χ2v) is 4.09. The molecule has 1 heterocycles. The van der Waals surface area contributed by atoms with Crippen LogP contribution in [0.1, 0.15) is 17.4 Å². The molecule has 2 rings (SSSR count). The Kier molecular flexibility index (Phi) is 3.71. The number of nitrogens with zero attached hydrogens (tertiary/aromatic N) is 2. The molecule has 0 bridgehead atoms. The summed E-state index contributed by atoms with van der Waals surface area (Å²) in [6, 6.07) is 4.56. The van der Waals surface area contributed by atoms with Crippen LogP contribution < -0.4 is 5.32 Å². The predicted molar refractivity (Wildman–Crippen MR) is 63.3 cm³/mol. The first-order chi connectivity index (χ1) is 8.20. The fourth-order valence-electron chi connectivity index (χ4n) is 1.63. The molecule has 0 aliphatic carbocycles. The van der Waals surface area contributed by atoms with Crippen LogP contribution in [0.15, 0.2) is 24.5 Å². The highest BCUT2D eigenvalue weighted by atomic mass is 35.5. The van der Waals surface area contributed by atoms with Crippen molar-refractivity contribution >= 4 is 11.6 Å². The topological polar surface area (TPSA) is 53.6 Å². The molecular formula is C11H12ClFN4. The van der Waals surface area contributed by atoms with Gasteiger partial charge in [0.05, 0.1) is 6.04 Å². The van der Waals surface area contributed by atoms with Gasteiger partial charge in [0.2, 0.25) is 0 Å².